The highest BCUT2D eigenvalue weighted by atomic mass is 35.5. The van der Waals surface area contributed by atoms with Gasteiger partial charge in [0.25, 0.3) is 11.8 Å². The van der Waals surface area contributed by atoms with Crippen LogP contribution in [0, 0.1) is 5.82 Å². The van der Waals surface area contributed by atoms with Crippen LogP contribution in [0.25, 0.3) is 0 Å². The Bertz CT molecular complexity index is 1060. The van der Waals surface area contributed by atoms with Gasteiger partial charge < -0.3 is 15.0 Å². The summed E-state index contributed by atoms with van der Waals surface area (Å²) in [6.07, 6.45) is 0.950. The molecule has 0 saturated carbocycles. The van der Waals surface area contributed by atoms with Crippen LogP contribution in [0.1, 0.15) is 28.8 Å². The zero-order valence-corrected chi connectivity index (χ0v) is 17.6. The van der Waals surface area contributed by atoms with Gasteiger partial charge in [-0.2, -0.15) is 0 Å². The number of imide groups is 1. The van der Waals surface area contributed by atoms with Crippen molar-refractivity contribution in [3.63, 3.8) is 0 Å². The van der Waals surface area contributed by atoms with Crippen LogP contribution in [-0.2, 0) is 11.3 Å². The van der Waals surface area contributed by atoms with Gasteiger partial charge in [-0.05, 0) is 48.7 Å². The molecule has 2 aliphatic rings. The minimum absolute atomic E-state index is 0.0239. The largest absolute Gasteiger partial charge is 0.494 e. The molecule has 1 N–H and O–H groups in total. The summed E-state index contributed by atoms with van der Waals surface area (Å²) in [5, 5.41) is 3.30. The van der Waals surface area contributed by atoms with Crippen molar-refractivity contribution in [1.82, 2.24) is 15.1 Å². The maximum atomic E-state index is 14.0. The van der Waals surface area contributed by atoms with Crippen LogP contribution in [0.3, 0.4) is 0 Å². The van der Waals surface area contributed by atoms with E-state index in [2.05, 4.69) is 5.32 Å². The summed E-state index contributed by atoms with van der Waals surface area (Å²) in [4.78, 5) is 41.4. The van der Waals surface area contributed by atoms with E-state index < -0.39 is 23.3 Å². The molecular weight excluding hydrogens is 425 g/mol. The number of urea groups is 1. The van der Waals surface area contributed by atoms with Gasteiger partial charge in [-0.1, -0.05) is 23.7 Å². The molecule has 4 amide bonds. The van der Waals surface area contributed by atoms with E-state index in [9.17, 15) is 18.8 Å². The zero-order valence-electron chi connectivity index (χ0n) is 16.9. The van der Waals surface area contributed by atoms with Crippen molar-refractivity contribution < 1.29 is 23.5 Å². The molecule has 9 heteroatoms. The van der Waals surface area contributed by atoms with Gasteiger partial charge in [0.1, 0.15) is 5.54 Å². The molecular formula is C22H21ClFN3O4. The minimum atomic E-state index is -1.19. The van der Waals surface area contributed by atoms with Gasteiger partial charge in [0.05, 0.1) is 20.2 Å². The normalized spacial score (nSPS) is 20.9. The summed E-state index contributed by atoms with van der Waals surface area (Å²) in [7, 11) is 1.35. The lowest BCUT2D eigenvalue weighted by Gasteiger charge is -2.38. The molecule has 1 atom stereocenters. The Labute approximate surface area is 183 Å². The molecule has 2 aliphatic heterocycles. The monoisotopic (exact) mass is 445 g/mol. The van der Waals surface area contributed by atoms with E-state index >= 15 is 0 Å². The van der Waals surface area contributed by atoms with Crippen molar-refractivity contribution in [3.8, 4) is 5.75 Å². The number of benzene rings is 2. The lowest BCUT2D eigenvalue weighted by Crippen LogP contribution is -2.59. The molecule has 162 valence electrons. The molecule has 2 saturated heterocycles. The molecule has 0 radical (unpaired) electrons. The van der Waals surface area contributed by atoms with Crippen LogP contribution in [-0.4, -0.2) is 53.4 Å². The van der Waals surface area contributed by atoms with Crippen molar-refractivity contribution in [2.24, 2.45) is 0 Å². The molecule has 0 aromatic heterocycles. The Balaban J connectivity index is 1.53. The predicted molar refractivity (Wildman–Crippen MR) is 111 cm³/mol. The number of rotatable bonds is 4. The second-order valence-electron chi connectivity index (χ2n) is 7.71. The summed E-state index contributed by atoms with van der Waals surface area (Å²) in [5.74, 6) is -1.38. The highest BCUT2D eigenvalue weighted by Crippen LogP contribution is 2.31. The average Bonchev–Trinajstić information content (AvgIpc) is 2.97. The quantitative estimate of drug-likeness (QED) is 0.733. The highest BCUT2D eigenvalue weighted by molar-refractivity contribution is 6.30. The number of ether oxygens (including phenoxy) is 1. The van der Waals surface area contributed by atoms with Crippen LogP contribution in [0.15, 0.2) is 42.5 Å². The van der Waals surface area contributed by atoms with E-state index in [0.717, 1.165) is 16.5 Å². The third-order valence-electron chi connectivity index (χ3n) is 5.65. The van der Waals surface area contributed by atoms with E-state index in [1.807, 2.05) is 0 Å². The molecule has 0 unspecified atom stereocenters. The van der Waals surface area contributed by atoms with E-state index in [1.165, 1.54) is 24.1 Å². The van der Waals surface area contributed by atoms with Crippen LogP contribution in [0.4, 0.5) is 9.18 Å². The third kappa shape index (κ3) is 3.95. The van der Waals surface area contributed by atoms with Crippen molar-refractivity contribution >= 4 is 29.4 Å². The summed E-state index contributed by atoms with van der Waals surface area (Å²) < 4.78 is 18.9. The Kier molecular flexibility index (Phi) is 5.58. The number of nitrogens with one attached hydrogen (secondary N) is 1. The molecule has 0 bridgehead atoms. The lowest BCUT2D eigenvalue weighted by atomic mass is 9.88. The standard InChI is InChI=1S/C22H21ClFN3O4/c1-31-18-7-6-15(11-17(18)24)19(28)26-9-3-8-22(13-26)20(29)27(21(30)25-22)12-14-4-2-5-16(23)10-14/h2,4-7,10-11H,3,8-9,12-13H2,1H3,(H,25,30)/t22-/m0/s1. The van der Waals surface area contributed by atoms with E-state index in [4.69, 9.17) is 16.3 Å². The molecule has 2 aromatic rings. The fraction of sp³-hybridized carbons (Fsp3) is 0.318. The first-order chi connectivity index (χ1) is 14.8. The Morgan fingerprint density at radius 2 is 2.06 bits per heavy atom. The van der Waals surface area contributed by atoms with Crippen molar-refractivity contribution in [3.05, 3.63) is 64.4 Å². The maximum absolute atomic E-state index is 14.0. The number of amides is 4. The molecule has 31 heavy (non-hydrogen) atoms. The van der Waals surface area contributed by atoms with Gasteiger partial charge in [0.15, 0.2) is 11.6 Å². The summed E-state index contributed by atoms with van der Waals surface area (Å²) in [5.41, 5.74) is -0.303. The molecule has 1 spiro atoms. The number of hydrogen-bond acceptors (Lipinski definition) is 4. The number of piperidine rings is 1. The zero-order chi connectivity index (χ0) is 22.2. The lowest BCUT2D eigenvalue weighted by molar-refractivity contribution is -0.133. The molecule has 4 rings (SSSR count). The van der Waals surface area contributed by atoms with E-state index in [1.54, 1.807) is 24.3 Å². The van der Waals surface area contributed by atoms with Crippen molar-refractivity contribution in [2.75, 3.05) is 20.2 Å². The molecule has 2 heterocycles. The Morgan fingerprint density at radius 3 is 2.77 bits per heavy atom. The average molecular weight is 446 g/mol. The van der Waals surface area contributed by atoms with Crippen molar-refractivity contribution in [1.29, 1.82) is 0 Å². The van der Waals surface area contributed by atoms with Crippen LogP contribution < -0.4 is 10.1 Å². The van der Waals surface area contributed by atoms with Gasteiger partial charge in [-0.3, -0.25) is 14.5 Å². The summed E-state index contributed by atoms with van der Waals surface area (Å²) in [6, 6.07) is 10.4. The smallest absolute Gasteiger partial charge is 0.325 e. The number of likely N-dealkylation sites (tertiary alicyclic amines) is 1. The first-order valence-electron chi connectivity index (χ1n) is 9.84. The first kappa shape index (κ1) is 21.1. The summed E-state index contributed by atoms with van der Waals surface area (Å²) in [6.45, 7) is 0.520. The third-order valence-corrected chi connectivity index (χ3v) is 5.89. The van der Waals surface area contributed by atoms with Crippen LogP contribution in [0.5, 0.6) is 5.75 Å². The van der Waals surface area contributed by atoms with Gasteiger partial charge in [-0.25, -0.2) is 9.18 Å². The molecule has 0 aliphatic carbocycles. The van der Waals surface area contributed by atoms with Crippen molar-refractivity contribution in [2.45, 2.75) is 24.9 Å². The number of hydrogen-bond donors (Lipinski definition) is 1. The number of halogens is 2. The predicted octanol–water partition coefficient (Wildman–Crippen LogP) is 3.21. The molecule has 2 aromatic carbocycles. The SMILES string of the molecule is COc1ccc(C(=O)N2CCC[C@@]3(C2)NC(=O)N(Cc2cccc(Cl)c2)C3=O)cc1F. The number of nitrogens with zero attached hydrogens (tertiary/aromatic N) is 2. The Morgan fingerprint density at radius 1 is 1.26 bits per heavy atom. The van der Waals surface area contributed by atoms with E-state index in [0.29, 0.717) is 24.4 Å². The topological polar surface area (TPSA) is 79.0 Å². The van der Waals surface area contributed by atoms with Gasteiger partial charge in [-0.15, -0.1) is 0 Å². The molecule has 7 nitrogen and oxygen atoms in total. The Hall–Kier alpha value is -3.13. The maximum Gasteiger partial charge on any atom is 0.325 e. The fourth-order valence-corrected chi connectivity index (χ4v) is 4.34. The van der Waals surface area contributed by atoms with Gasteiger partial charge >= 0.3 is 6.03 Å². The highest BCUT2D eigenvalue weighted by Gasteiger charge is 2.53. The van der Waals surface area contributed by atoms with Crippen LogP contribution >= 0.6 is 11.6 Å². The fourth-order valence-electron chi connectivity index (χ4n) is 4.13. The number of carbonyl (C=O) groups excluding carboxylic acids is 3. The first-order valence-corrected chi connectivity index (χ1v) is 10.2. The van der Waals surface area contributed by atoms with Crippen LogP contribution in [0.2, 0.25) is 5.02 Å². The number of methoxy groups -OCH3 is 1. The second kappa shape index (κ2) is 8.19. The molecule has 2 fully saturated rings. The minimum Gasteiger partial charge on any atom is -0.494 e. The van der Waals surface area contributed by atoms with E-state index in [-0.39, 0.29) is 30.3 Å². The van der Waals surface area contributed by atoms with Gasteiger partial charge in [0.2, 0.25) is 0 Å². The summed E-state index contributed by atoms with van der Waals surface area (Å²) >= 11 is 6.00. The second-order valence-corrected chi connectivity index (χ2v) is 8.15. The van der Waals surface area contributed by atoms with Gasteiger partial charge in [0, 0.05) is 17.1 Å². The number of carbonyl (C=O) groups is 3.